The maximum Gasteiger partial charge on any atom is 0.339 e. The Morgan fingerprint density at radius 3 is 2.67 bits per heavy atom. The number of thiophene rings is 1. The minimum Gasteiger partial charge on any atom is -0.465 e. The normalized spacial score (nSPS) is 9.76. The first-order chi connectivity index (χ1) is 10.0. The summed E-state index contributed by atoms with van der Waals surface area (Å²) in [6.45, 7) is 0. The number of hydrogen-bond donors (Lipinski definition) is 1. The SMILES string of the molecule is COC(=O)c1ccc(C#N)cc1NC(=O)c1ccc(Cl)s1. The molecule has 1 aromatic heterocycles. The number of anilines is 1. The van der Waals surface area contributed by atoms with Gasteiger partial charge in [-0.3, -0.25) is 4.79 Å². The van der Waals surface area contributed by atoms with Gasteiger partial charge in [0.1, 0.15) is 0 Å². The van der Waals surface area contributed by atoms with Gasteiger partial charge in [-0.2, -0.15) is 5.26 Å². The zero-order chi connectivity index (χ0) is 15.4. The summed E-state index contributed by atoms with van der Waals surface area (Å²) < 4.78 is 5.14. The summed E-state index contributed by atoms with van der Waals surface area (Å²) in [4.78, 5) is 24.2. The molecule has 0 aliphatic carbocycles. The van der Waals surface area contributed by atoms with Gasteiger partial charge in [-0.05, 0) is 30.3 Å². The van der Waals surface area contributed by atoms with Gasteiger partial charge >= 0.3 is 5.97 Å². The summed E-state index contributed by atoms with van der Waals surface area (Å²) in [6.07, 6.45) is 0. The number of methoxy groups -OCH3 is 1. The van der Waals surface area contributed by atoms with E-state index in [1.54, 1.807) is 12.1 Å². The summed E-state index contributed by atoms with van der Waals surface area (Å²) in [5.41, 5.74) is 0.713. The van der Waals surface area contributed by atoms with Crippen LogP contribution >= 0.6 is 22.9 Å². The molecule has 0 saturated heterocycles. The average Bonchev–Trinajstić information content (AvgIpc) is 2.93. The molecule has 1 amide bonds. The zero-order valence-corrected chi connectivity index (χ0v) is 12.4. The fraction of sp³-hybridized carbons (Fsp3) is 0.0714. The number of nitrogens with one attached hydrogen (secondary N) is 1. The van der Waals surface area contributed by atoms with Crippen molar-refractivity contribution in [3.8, 4) is 6.07 Å². The van der Waals surface area contributed by atoms with Gasteiger partial charge in [-0.1, -0.05) is 11.6 Å². The molecular formula is C14H9ClN2O3S. The quantitative estimate of drug-likeness (QED) is 0.880. The van der Waals surface area contributed by atoms with Gasteiger partial charge in [0.05, 0.1) is 39.2 Å². The van der Waals surface area contributed by atoms with Crippen molar-refractivity contribution in [2.75, 3.05) is 12.4 Å². The third-order valence-electron chi connectivity index (χ3n) is 2.60. The Bertz CT molecular complexity index is 749. The lowest BCUT2D eigenvalue weighted by Crippen LogP contribution is -2.14. The predicted octanol–water partition coefficient (Wildman–Crippen LogP) is 3.31. The first kappa shape index (κ1) is 15.0. The van der Waals surface area contributed by atoms with E-state index in [0.717, 1.165) is 11.3 Å². The van der Waals surface area contributed by atoms with E-state index in [1.807, 2.05) is 6.07 Å². The number of benzene rings is 1. The maximum absolute atomic E-state index is 12.1. The molecule has 0 spiro atoms. The molecule has 0 bridgehead atoms. The highest BCUT2D eigenvalue weighted by atomic mass is 35.5. The maximum atomic E-state index is 12.1. The lowest BCUT2D eigenvalue weighted by Gasteiger charge is -2.09. The largest absolute Gasteiger partial charge is 0.465 e. The molecule has 7 heteroatoms. The van der Waals surface area contributed by atoms with E-state index in [-0.39, 0.29) is 11.3 Å². The Balaban J connectivity index is 2.35. The van der Waals surface area contributed by atoms with Crippen LogP contribution in [0.2, 0.25) is 4.34 Å². The number of halogens is 1. The number of carbonyl (C=O) groups excluding carboxylic acids is 2. The van der Waals surface area contributed by atoms with Crippen molar-refractivity contribution in [1.29, 1.82) is 5.26 Å². The molecule has 1 heterocycles. The number of carbonyl (C=O) groups is 2. The van der Waals surface area contributed by atoms with Gasteiger partial charge in [0.15, 0.2) is 0 Å². The van der Waals surface area contributed by atoms with E-state index in [9.17, 15) is 9.59 Å². The van der Waals surface area contributed by atoms with Gasteiger partial charge in [0.25, 0.3) is 5.91 Å². The second kappa shape index (κ2) is 6.39. The van der Waals surface area contributed by atoms with Crippen LogP contribution in [0.1, 0.15) is 25.6 Å². The summed E-state index contributed by atoms with van der Waals surface area (Å²) in [7, 11) is 1.24. The molecule has 2 aromatic rings. The van der Waals surface area contributed by atoms with Crippen LogP contribution < -0.4 is 5.32 Å². The number of rotatable bonds is 3. The Morgan fingerprint density at radius 1 is 1.33 bits per heavy atom. The fourth-order valence-corrected chi connectivity index (χ4v) is 2.56. The van der Waals surface area contributed by atoms with Crippen molar-refractivity contribution >= 4 is 40.5 Å². The minimum atomic E-state index is -0.598. The number of hydrogen-bond acceptors (Lipinski definition) is 5. The van der Waals surface area contributed by atoms with Crippen LogP contribution in [0.5, 0.6) is 0 Å². The molecule has 0 aliphatic heterocycles. The Hall–Kier alpha value is -2.36. The van der Waals surface area contributed by atoms with Crippen LogP contribution in [0.25, 0.3) is 0 Å². The highest BCUT2D eigenvalue weighted by Crippen LogP contribution is 2.24. The van der Waals surface area contributed by atoms with Crippen LogP contribution in [0.4, 0.5) is 5.69 Å². The zero-order valence-electron chi connectivity index (χ0n) is 10.8. The molecule has 2 rings (SSSR count). The minimum absolute atomic E-state index is 0.174. The van der Waals surface area contributed by atoms with E-state index >= 15 is 0 Å². The summed E-state index contributed by atoms with van der Waals surface area (Å²) >= 11 is 6.90. The monoisotopic (exact) mass is 320 g/mol. The van der Waals surface area contributed by atoms with Crippen molar-refractivity contribution in [1.82, 2.24) is 0 Å². The molecule has 0 aliphatic rings. The number of ether oxygens (including phenoxy) is 1. The number of amides is 1. The molecule has 106 valence electrons. The molecule has 5 nitrogen and oxygen atoms in total. The number of esters is 1. The van der Waals surface area contributed by atoms with Gasteiger partial charge < -0.3 is 10.1 Å². The molecule has 0 fully saturated rings. The summed E-state index contributed by atoms with van der Waals surface area (Å²) in [5.74, 6) is -1.01. The second-order valence-corrected chi connectivity index (χ2v) is 5.64. The van der Waals surface area contributed by atoms with Crippen molar-refractivity contribution in [2.24, 2.45) is 0 Å². The lowest BCUT2D eigenvalue weighted by molar-refractivity contribution is 0.0602. The van der Waals surface area contributed by atoms with Crippen LogP contribution in [0.3, 0.4) is 0 Å². The van der Waals surface area contributed by atoms with E-state index in [0.29, 0.717) is 14.8 Å². The molecule has 1 aromatic carbocycles. The second-order valence-electron chi connectivity index (χ2n) is 3.92. The van der Waals surface area contributed by atoms with E-state index in [1.165, 1.54) is 25.3 Å². The van der Waals surface area contributed by atoms with E-state index < -0.39 is 11.9 Å². The van der Waals surface area contributed by atoms with E-state index in [4.69, 9.17) is 16.9 Å². The van der Waals surface area contributed by atoms with Gasteiger partial charge in [-0.15, -0.1) is 11.3 Å². The van der Waals surface area contributed by atoms with Crippen molar-refractivity contribution in [3.63, 3.8) is 0 Å². The fourth-order valence-electron chi connectivity index (χ4n) is 1.63. The molecule has 21 heavy (non-hydrogen) atoms. The number of nitriles is 1. The van der Waals surface area contributed by atoms with Crippen LogP contribution in [0, 0.1) is 11.3 Å². The Labute approximate surface area is 129 Å². The first-order valence-electron chi connectivity index (χ1n) is 5.74. The predicted molar refractivity (Wildman–Crippen MR) is 79.8 cm³/mol. The molecule has 0 atom stereocenters. The highest BCUT2D eigenvalue weighted by Gasteiger charge is 2.16. The molecule has 0 radical (unpaired) electrons. The topological polar surface area (TPSA) is 79.2 Å². The highest BCUT2D eigenvalue weighted by molar-refractivity contribution is 7.18. The molecule has 0 saturated carbocycles. The third kappa shape index (κ3) is 3.40. The molecule has 1 N–H and O–H groups in total. The Kier molecular flexibility index (Phi) is 4.58. The van der Waals surface area contributed by atoms with Crippen LogP contribution in [0.15, 0.2) is 30.3 Å². The van der Waals surface area contributed by atoms with Gasteiger partial charge in [0.2, 0.25) is 0 Å². The first-order valence-corrected chi connectivity index (χ1v) is 6.93. The van der Waals surface area contributed by atoms with Crippen molar-refractivity contribution < 1.29 is 14.3 Å². The lowest BCUT2D eigenvalue weighted by atomic mass is 10.1. The summed E-state index contributed by atoms with van der Waals surface area (Å²) in [6, 6.07) is 9.45. The van der Waals surface area contributed by atoms with E-state index in [2.05, 4.69) is 10.1 Å². The van der Waals surface area contributed by atoms with Crippen molar-refractivity contribution in [2.45, 2.75) is 0 Å². The third-order valence-corrected chi connectivity index (χ3v) is 3.83. The van der Waals surface area contributed by atoms with Gasteiger partial charge in [-0.25, -0.2) is 4.79 Å². The smallest absolute Gasteiger partial charge is 0.339 e. The average molecular weight is 321 g/mol. The molecular weight excluding hydrogens is 312 g/mol. The number of nitrogens with zero attached hydrogens (tertiary/aromatic N) is 1. The molecule has 0 unspecified atom stereocenters. The Morgan fingerprint density at radius 2 is 2.10 bits per heavy atom. The standard InChI is InChI=1S/C14H9ClN2O3S/c1-20-14(19)9-3-2-8(7-16)6-10(9)17-13(18)11-4-5-12(15)21-11/h2-6H,1H3,(H,17,18). The summed E-state index contributed by atoms with van der Waals surface area (Å²) in [5, 5.41) is 11.5. The van der Waals surface area contributed by atoms with Gasteiger partial charge in [0, 0.05) is 0 Å². The van der Waals surface area contributed by atoms with Crippen molar-refractivity contribution in [3.05, 3.63) is 50.7 Å². The van der Waals surface area contributed by atoms with Crippen LogP contribution in [-0.2, 0) is 4.74 Å². The van der Waals surface area contributed by atoms with Crippen LogP contribution in [-0.4, -0.2) is 19.0 Å².